The summed E-state index contributed by atoms with van der Waals surface area (Å²) in [5, 5.41) is 13.7. The summed E-state index contributed by atoms with van der Waals surface area (Å²) in [6.07, 6.45) is 1.67. The highest BCUT2D eigenvalue weighted by Gasteiger charge is 2.33. The van der Waals surface area contributed by atoms with E-state index in [9.17, 15) is 4.79 Å². The Morgan fingerprint density at radius 3 is 2.61 bits per heavy atom. The first-order valence-corrected chi connectivity index (χ1v) is 11.3. The number of furan rings is 1. The van der Waals surface area contributed by atoms with Crippen molar-refractivity contribution in [3.63, 3.8) is 0 Å². The van der Waals surface area contributed by atoms with E-state index in [-0.39, 0.29) is 23.1 Å². The molecule has 8 heteroatoms. The van der Waals surface area contributed by atoms with E-state index in [4.69, 9.17) is 4.42 Å². The Morgan fingerprint density at radius 2 is 1.94 bits per heavy atom. The number of nitrogens with one attached hydrogen (secondary N) is 1. The molecule has 4 aromatic rings. The van der Waals surface area contributed by atoms with Crippen LogP contribution in [-0.4, -0.2) is 30.1 Å². The SMILES string of the molecule is Cc1ccc2cc(CN(Cc3ccco3)[C@H](c3nnnn3C(C)(C)C)C(C)C)c(=O)[nH]c2c1. The van der Waals surface area contributed by atoms with Gasteiger partial charge in [0.25, 0.3) is 5.56 Å². The summed E-state index contributed by atoms with van der Waals surface area (Å²) in [6, 6.07) is 11.8. The number of nitrogens with zero attached hydrogens (tertiary/aromatic N) is 5. The van der Waals surface area contributed by atoms with Crippen LogP contribution >= 0.6 is 0 Å². The fourth-order valence-electron chi connectivity index (χ4n) is 4.29. The second-order valence-corrected chi connectivity index (χ2v) is 10.0. The summed E-state index contributed by atoms with van der Waals surface area (Å²) < 4.78 is 7.55. The second-order valence-electron chi connectivity index (χ2n) is 10.0. The third-order valence-electron chi connectivity index (χ3n) is 5.81. The minimum atomic E-state index is -0.277. The molecule has 0 spiro atoms. The maximum absolute atomic E-state index is 13.0. The molecule has 0 amide bonds. The Hall–Kier alpha value is -3.26. The quantitative estimate of drug-likeness (QED) is 0.445. The van der Waals surface area contributed by atoms with Gasteiger partial charge >= 0.3 is 0 Å². The minimum Gasteiger partial charge on any atom is -0.468 e. The number of aromatic amines is 1. The fourth-order valence-corrected chi connectivity index (χ4v) is 4.29. The van der Waals surface area contributed by atoms with Gasteiger partial charge in [-0.15, -0.1) is 5.10 Å². The standard InChI is InChI=1S/C25H32N6O2/c1-16(2)22(23-27-28-29-31(23)25(4,5)6)30(15-20-8-7-11-33-20)14-19-13-18-10-9-17(3)12-21(18)26-24(19)32/h7-13,16,22H,14-15H2,1-6H3,(H,26,32)/t22-/m0/s1. The Kier molecular flexibility index (Phi) is 6.21. The Labute approximate surface area is 193 Å². The van der Waals surface area contributed by atoms with Crippen LogP contribution in [0.1, 0.15) is 63.4 Å². The van der Waals surface area contributed by atoms with Crippen molar-refractivity contribution in [3.8, 4) is 0 Å². The van der Waals surface area contributed by atoms with Gasteiger partial charge in [-0.25, -0.2) is 4.68 Å². The molecule has 1 atom stereocenters. The van der Waals surface area contributed by atoms with E-state index in [1.54, 1.807) is 6.26 Å². The number of pyridine rings is 1. The van der Waals surface area contributed by atoms with Crippen molar-refractivity contribution >= 4 is 10.9 Å². The van der Waals surface area contributed by atoms with Crippen LogP contribution in [-0.2, 0) is 18.6 Å². The highest BCUT2D eigenvalue weighted by atomic mass is 16.3. The van der Waals surface area contributed by atoms with Gasteiger partial charge < -0.3 is 9.40 Å². The molecule has 0 fully saturated rings. The third kappa shape index (κ3) is 4.90. The Balaban J connectivity index is 1.79. The average molecular weight is 449 g/mol. The van der Waals surface area contributed by atoms with Gasteiger partial charge in [0.1, 0.15) is 5.76 Å². The lowest BCUT2D eigenvalue weighted by Crippen LogP contribution is -2.37. The second kappa shape index (κ2) is 8.94. The number of tetrazole rings is 1. The molecule has 0 radical (unpaired) electrons. The van der Waals surface area contributed by atoms with Crippen LogP contribution in [0.3, 0.4) is 0 Å². The van der Waals surface area contributed by atoms with E-state index in [0.29, 0.717) is 18.7 Å². The Morgan fingerprint density at radius 1 is 1.15 bits per heavy atom. The van der Waals surface area contributed by atoms with Crippen molar-refractivity contribution in [2.24, 2.45) is 5.92 Å². The number of aromatic nitrogens is 5. The summed E-state index contributed by atoms with van der Waals surface area (Å²) in [4.78, 5) is 18.3. The lowest BCUT2D eigenvalue weighted by Gasteiger charge is -2.34. The number of rotatable bonds is 7. The zero-order chi connectivity index (χ0) is 23.8. The summed E-state index contributed by atoms with van der Waals surface area (Å²) in [7, 11) is 0. The molecule has 1 N–H and O–H groups in total. The summed E-state index contributed by atoms with van der Waals surface area (Å²) in [6.45, 7) is 13.5. The summed E-state index contributed by atoms with van der Waals surface area (Å²) in [5.41, 5.74) is 2.28. The molecule has 1 aromatic carbocycles. The molecule has 0 aliphatic heterocycles. The van der Waals surface area contributed by atoms with Crippen LogP contribution in [0.4, 0.5) is 0 Å². The smallest absolute Gasteiger partial charge is 0.252 e. The first-order valence-electron chi connectivity index (χ1n) is 11.3. The molecule has 0 unspecified atom stereocenters. The zero-order valence-corrected chi connectivity index (χ0v) is 20.2. The lowest BCUT2D eigenvalue weighted by molar-refractivity contribution is 0.111. The van der Waals surface area contributed by atoms with Crippen molar-refractivity contribution in [2.75, 3.05) is 0 Å². The predicted octanol–water partition coefficient (Wildman–Crippen LogP) is 4.57. The number of hydrogen-bond donors (Lipinski definition) is 1. The van der Waals surface area contributed by atoms with Crippen molar-refractivity contribution in [3.05, 3.63) is 75.7 Å². The number of aryl methyl sites for hydroxylation is 1. The third-order valence-corrected chi connectivity index (χ3v) is 5.81. The van der Waals surface area contributed by atoms with E-state index in [1.807, 2.05) is 41.9 Å². The number of benzene rings is 1. The maximum atomic E-state index is 13.0. The first-order chi connectivity index (χ1) is 15.6. The minimum absolute atomic E-state index is 0.0875. The molecular formula is C25H32N6O2. The van der Waals surface area contributed by atoms with Gasteiger partial charge in [0.15, 0.2) is 5.82 Å². The Bertz CT molecular complexity index is 1280. The molecular weight excluding hydrogens is 416 g/mol. The summed E-state index contributed by atoms with van der Waals surface area (Å²) in [5.74, 6) is 1.79. The predicted molar refractivity (Wildman–Crippen MR) is 128 cm³/mol. The van der Waals surface area contributed by atoms with E-state index >= 15 is 0 Å². The van der Waals surface area contributed by atoms with E-state index in [2.05, 4.69) is 66.1 Å². The molecule has 3 heterocycles. The van der Waals surface area contributed by atoms with E-state index in [1.165, 1.54) is 0 Å². The van der Waals surface area contributed by atoms with Crippen molar-refractivity contribution in [2.45, 2.75) is 66.2 Å². The van der Waals surface area contributed by atoms with Crippen LogP contribution < -0.4 is 5.56 Å². The highest BCUT2D eigenvalue weighted by Crippen LogP contribution is 2.32. The topological polar surface area (TPSA) is 92.8 Å². The van der Waals surface area contributed by atoms with E-state index < -0.39 is 0 Å². The number of H-pyrrole nitrogens is 1. The highest BCUT2D eigenvalue weighted by molar-refractivity contribution is 5.79. The van der Waals surface area contributed by atoms with Gasteiger partial charge in [-0.2, -0.15) is 0 Å². The van der Waals surface area contributed by atoms with Crippen LogP contribution in [0.25, 0.3) is 10.9 Å². The molecule has 0 saturated carbocycles. The number of fused-ring (bicyclic) bond motifs is 1. The van der Waals surface area contributed by atoms with Crippen LogP contribution in [0.2, 0.25) is 0 Å². The van der Waals surface area contributed by atoms with Crippen molar-refractivity contribution in [1.82, 2.24) is 30.1 Å². The molecule has 33 heavy (non-hydrogen) atoms. The molecule has 0 aliphatic rings. The van der Waals surface area contributed by atoms with Gasteiger partial charge in [0.2, 0.25) is 0 Å². The molecule has 4 rings (SSSR count). The fraction of sp³-hybridized carbons (Fsp3) is 0.440. The monoisotopic (exact) mass is 448 g/mol. The van der Waals surface area contributed by atoms with Crippen molar-refractivity contribution < 1.29 is 4.42 Å². The van der Waals surface area contributed by atoms with Crippen LogP contribution in [0.15, 0.2) is 51.9 Å². The molecule has 174 valence electrons. The van der Waals surface area contributed by atoms with Crippen LogP contribution in [0, 0.1) is 12.8 Å². The largest absolute Gasteiger partial charge is 0.468 e. The average Bonchev–Trinajstić information content (AvgIpc) is 3.40. The number of hydrogen-bond acceptors (Lipinski definition) is 6. The van der Waals surface area contributed by atoms with E-state index in [0.717, 1.165) is 28.1 Å². The zero-order valence-electron chi connectivity index (χ0n) is 20.2. The van der Waals surface area contributed by atoms with Gasteiger partial charge in [-0.05, 0) is 79.3 Å². The van der Waals surface area contributed by atoms with Crippen LogP contribution in [0.5, 0.6) is 0 Å². The molecule has 3 aromatic heterocycles. The first kappa shape index (κ1) is 22.9. The maximum Gasteiger partial charge on any atom is 0.252 e. The normalized spacial score (nSPS) is 13.3. The van der Waals surface area contributed by atoms with Gasteiger partial charge in [0, 0.05) is 17.6 Å². The molecule has 0 aliphatic carbocycles. The molecule has 0 bridgehead atoms. The van der Waals surface area contributed by atoms with Crippen molar-refractivity contribution in [1.29, 1.82) is 0 Å². The lowest BCUT2D eigenvalue weighted by atomic mass is 9.98. The van der Waals surface area contributed by atoms with Gasteiger partial charge in [-0.1, -0.05) is 26.0 Å². The van der Waals surface area contributed by atoms with Gasteiger partial charge in [0.05, 0.1) is 24.4 Å². The summed E-state index contributed by atoms with van der Waals surface area (Å²) >= 11 is 0. The van der Waals surface area contributed by atoms with Gasteiger partial charge in [-0.3, -0.25) is 9.69 Å². The molecule has 0 saturated heterocycles. The molecule has 8 nitrogen and oxygen atoms in total.